The van der Waals surface area contributed by atoms with Crippen molar-refractivity contribution in [2.24, 2.45) is 0 Å². The fourth-order valence-electron chi connectivity index (χ4n) is 6.95. The molecule has 0 bridgehead atoms. The number of hydrogen-bond donors (Lipinski definition) is 0. The Bertz CT molecular complexity index is 2420. The van der Waals surface area contributed by atoms with Crippen LogP contribution in [-0.2, 0) is 0 Å². The van der Waals surface area contributed by atoms with E-state index in [1.165, 1.54) is 65.7 Å². The van der Waals surface area contributed by atoms with Gasteiger partial charge in [-0.2, -0.15) is 0 Å². The SMILES string of the molecule is c1ccc(-c2ccc(-c3c4ccccc4c(-c4cc5ccccc5c5oc6ccccc6c45)c4ccccc34)cc2)cc1. The summed E-state index contributed by atoms with van der Waals surface area (Å²) in [6, 6.07) is 56.7. The lowest BCUT2D eigenvalue weighted by molar-refractivity contribution is 0.673. The topological polar surface area (TPSA) is 13.1 Å². The molecule has 9 rings (SSSR count). The van der Waals surface area contributed by atoms with Crippen molar-refractivity contribution in [1.29, 1.82) is 0 Å². The fourth-order valence-corrected chi connectivity index (χ4v) is 6.95. The lowest BCUT2D eigenvalue weighted by atomic mass is 9.84. The first-order valence-corrected chi connectivity index (χ1v) is 14.8. The maximum Gasteiger partial charge on any atom is 0.143 e. The number of hydrogen-bond acceptors (Lipinski definition) is 1. The Morgan fingerprint density at radius 2 is 0.837 bits per heavy atom. The molecule has 0 N–H and O–H groups in total. The first kappa shape index (κ1) is 24.0. The van der Waals surface area contributed by atoms with E-state index in [2.05, 4.69) is 158 Å². The molecule has 1 nitrogen and oxygen atoms in total. The predicted octanol–water partition coefficient (Wildman–Crippen LogP) is 12.0. The second kappa shape index (κ2) is 9.44. The van der Waals surface area contributed by atoms with Crippen LogP contribution in [0.15, 0.2) is 162 Å². The molecule has 200 valence electrons. The first-order chi connectivity index (χ1) is 21.3. The molecule has 0 atom stereocenters. The minimum absolute atomic E-state index is 0.916. The molecule has 0 amide bonds. The van der Waals surface area contributed by atoms with Crippen LogP contribution < -0.4 is 0 Å². The van der Waals surface area contributed by atoms with E-state index < -0.39 is 0 Å². The standard InChI is InChI=1S/C42H26O/c1-2-12-27(13-3-1)28-22-24-29(25-23-28)39-32-16-6-8-18-34(32)40(35-19-9-7-17-33(35)39)37-26-30-14-4-5-15-31(30)42-41(37)36-20-10-11-21-38(36)43-42/h1-26H. The van der Waals surface area contributed by atoms with Gasteiger partial charge in [0.15, 0.2) is 0 Å². The van der Waals surface area contributed by atoms with Gasteiger partial charge in [0, 0.05) is 16.2 Å². The monoisotopic (exact) mass is 546 g/mol. The zero-order valence-electron chi connectivity index (χ0n) is 23.4. The summed E-state index contributed by atoms with van der Waals surface area (Å²) >= 11 is 0. The predicted molar refractivity (Wildman–Crippen MR) is 183 cm³/mol. The summed E-state index contributed by atoms with van der Waals surface area (Å²) in [5.41, 5.74) is 9.25. The van der Waals surface area contributed by atoms with Gasteiger partial charge in [0.2, 0.25) is 0 Å². The van der Waals surface area contributed by atoms with Crippen molar-refractivity contribution in [3.8, 4) is 33.4 Å². The Labute approximate surface area is 249 Å². The molecule has 1 aromatic heterocycles. The van der Waals surface area contributed by atoms with Gasteiger partial charge < -0.3 is 4.42 Å². The van der Waals surface area contributed by atoms with E-state index in [9.17, 15) is 0 Å². The Balaban J connectivity index is 1.40. The third kappa shape index (κ3) is 3.65. The molecule has 1 heteroatoms. The van der Waals surface area contributed by atoms with Crippen molar-refractivity contribution in [1.82, 2.24) is 0 Å². The molecule has 0 radical (unpaired) electrons. The molecular formula is C42H26O. The molecule has 0 fully saturated rings. The van der Waals surface area contributed by atoms with E-state index in [4.69, 9.17) is 4.42 Å². The highest BCUT2D eigenvalue weighted by Gasteiger charge is 2.21. The Morgan fingerprint density at radius 1 is 0.349 bits per heavy atom. The van der Waals surface area contributed by atoms with E-state index in [-0.39, 0.29) is 0 Å². The van der Waals surface area contributed by atoms with Gasteiger partial charge in [-0.25, -0.2) is 0 Å². The number of rotatable bonds is 3. The second-order valence-electron chi connectivity index (χ2n) is 11.2. The molecule has 0 saturated carbocycles. The first-order valence-electron chi connectivity index (χ1n) is 14.8. The maximum absolute atomic E-state index is 6.59. The van der Waals surface area contributed by atoms with Gasteiger partial charge in [-0.3, -0.25) is 0 Å². The quantitative estimate of drug-likeness (QED) is 0.201. The molecule has 0 spiro atoms. The smallest absolute Gasteiger partial charge is 0.143 e. The normalized spacial score (nSPS) is 11.7. The third-order valence-electron chi connectivity index (χ3n) is 8.85. The van der Waals surface area contributed by atoms with Gasteiger partial charge in [0.05, 0.1) is 0 Å². The summed E-state index contributed by atoms with van der Waals surface area (Å²) in [7, 11) is 0. The summed E-state index contributed by atoms with van der Waals surface area (Å²) < 4.78 is 6.59. The molecular weight excluding hydrogens is 520 g/mol. The van der Waals surface area contributed by atoms with E-state index in [0.29, 0.717) is 0 Å². The number of benzene rings is 8. The van der Waals surface area contributed by atoms with Crippen molar-refractivity contribution in [3.05, 3.63) is 158 Å². The largest absolute Gasteiger partial charge is 0.455 e. The van der Waals surface area contributed by atoms with Crippen molar-refractivity contribution in [2.75, 3.05) is 0 Å². The van der Waals surface area contributed by atoms with E-state index >= 15 is 0 Å². The molecule has 1 heterocycles. The molecule has 0 aliphatic carbocycles. The molecule has 0 unspecified atom stereocenters. The molecule has 0 aliphatic rings. The van der Waals surface area contributed by atoms with Crippen LogP contribution in [0.4, 0.5) is 0 Å². The molecule has 9 aromatic rings. The maximum atomic E-state index is 6.59. The second-order valence-corrected chi connectivity index (χ2v) is 11.2. The lowest BCUT2D eigenvalue weighted by Crippen LogP contribution is -1.92. The van der Waals surface area contributed by atoms with Gasteiger partial charge in [-0.05, 0) is 72.4 Å². The zero-order valence-corrected chi connectivity index (χ0v) is 23.4. The number of para-hydroxylation sites is 1. The third-order valence-corrected chi connectivity index (χ3v) is 8.85. The van der Waals surface area contributed by atoms with Crippen molar-refractivity contribution < 1.29 is 4.42 Å². The highest BCUT2D eigenvalue weighted by atomic mass is 16.3. The van der Waals surface area contributed by atoms with Gasteiger partial charge in [-0.1, -0.05) is 146 Å². The van der Waals surface area contributed by atoms with Crippen molar-refractivity contribution in [3.63, 3.8) is 0 Å². The summed E-state index contributed by atoms with van der Waals surface area (Å²) in [4.78, 5) is 0. The van der Waals surface area contributed by atoms with E-state index in [1.807, 2.05) is 0 Å². The minimum atomic E-state index is 0.916. The summed E-state index contributed by atoms with van der Waals surface area (Å²) in [5.74, 6) is 0. The zero-order chi connectivity index (χ0) is 28.3. The number of furan rings is 1. The van der Waals surface area contributed by atoms with Crippen LogP contribution >= 0.6 is 0 Å². The average molecular weight is 547 g/mol. The lowest BCUT2D eigenvalue weighted by Gasteiger charge is -2.19. The van der Waals surface area contributed by atoms with E-state index in [0.717, 1.165) is 21.9 Å². The Morgan fingerprint density at radius 3 is 1.51 bits per heavy atom. The van der Waals surface area contributed by atoms with Crippen LogP contribution in [0.3, 0.4) is 0 Å². The van der Waals surface area contributed by atoms with E-state index in [1.54, 1.807) is 0 Å². The van der Waals surface area contributed by atoms with Crippen molar-refractivity contribution in [2.45, 2.75) is 0 Å². The van der Waals surface area contributed by atoms with Crippen LogP contribution in [0, 0.1) is 0 Å². The summed E-state index contributed by atoms with van der Waals surface area (Å²) in [5, 5.41) is 9.61. The Kier molecular flexibility index (Phi) is 5.27. The van der Waals surface area contributed by atoms with Crippen LogP contribution in [0.2, 0.25) is 0 Å². The molecule has 8 aromatic carbocycles. The summed E-state index contributed by atoms with van der Waals surface area (Å²) in [6.45, 7) is 0. The highest BCUT2D eigenvalue weighted by Crippen LogP contribution is 2.48. The molecule has 0 aliphatic heterocycles. The Hall–Kier alpha value is -5.66. The van der Waals surface area contributed by atoms with Gasteiger partial charge in [0.1, 0.15) is 11.2 Å². The van der Waals surface area contributed by atoms with Gasteiger partial charge in [-0.15, -0.1) is 0 Å². The number of fused-ring (bicyclic) bond motifs is 7. The molecule has 0 saturated heterocycles. The fraction of sp³-hybridized carbons (Fsp3) is 0. The minimum Gasteiger partial charge on any atom is -0.455 e. The van der Waals surface area contributed by atoms with Gasteiger partial charge >= 0.3 is 0 Å². The van der Waals surface area contributed by atoms with Gasteiger partial charge in [0.25, 0.3) is 0 Å². The van der Waals surface area contributed by atoms with Crippen LogP contribution in [-0.4, -0.2) is 0 Å². The molecule has 43 heavy (non-hydrogen) atoms. The van der Waals surface area contributed by atoms with Crippen LogP contribution in [0.1, 0.15) is 0 Å². The average Bonchev–Trinajstić information content (AvgIpc) is 3.48. The highest BCUT2D eigenvalue weighted by molar-refractivity contribution is 6.28. The van der Waals surface area contributed by atoms with Crippen LogP contribution in [0.5, 0.6) is 0 Å². The van der Waals surface area contributed by atoms with Crippen LogP contribution in [0.25, 0.3) is 87.6 Å². The van der Waals surface area contributed by atoms with Crippen molar-refractivity contribution >= 4 is 54.3 Å². The summed E-state index contributed by atoms with van der Waals surface area (Å²) in [6.07, 6.45) is 0.